The van der Waals surface area contributed by atoms with E-state index in [1.807, 2.05) is 18.3 Å². The number of nitrogens with zero attached hydrogens (tertiary/aromatic N) is 4. The number of nitrogens with two attached hydrogens (primary N) is 1. The average Bonchev–Trinajstić information content (AvgIpc) is 3.34. The predicted octanol–water partition coefficient (Wildman–Crippen LogP) is 1.63. The lowest BCUT2D eigenvalue weighted by Crippen LogP contribution is -2.49. The van der Waals surface area contributed by atoms with Gasteiger partial charge in [0.2, 0.25) is 0 Å². The first-order valence-electron chi connectivity index (χ1n) is 7.15. The van der Waals surface area contributed by atoms with Gasteiger partial charge in [-0.05, 0) is 12.5 Å². The van der Waals surface area contributed by atoms with Crippen LogP contribution in [-0.4, -0.2) is 41.5 Å². The number of aliphatic imine (C=N–C) groups is 1. The highest BCUT2D eigenvalue weighted by Crippen LogP contribution is 2.34. The molecule has 0 radical (unpaired) electrons. The quantitative estimate of drug-likeness (QED) is 0.910. The number of fused-ring (bicyclic) bond motifs is 1. The number of piperidine rings is 1. The molecule has 4 rings (SSSR count). The van der Waals surface area contributed by atoms with Crippen LogP contribution >= 0.6 is 0 Å². The molecule has 2 aliphatic rings. The lowest BCUT2D eigenvalue weighted by Gasteiger charge is -2.35. The smallest absolute Gasteiger partial charge is 0.119 e. The SMILES string of the molecule is NC1CN(c2ccc(C3C=N3)c3nccnc23)CCC1F. The number of hydrogen-bond donors (Lipinski definition) is 1. The Morgan fingerprint density at radius 1 is 1.19 bits per heavy atom. The molecule has 6 heteroatoms. The molecule has 1 fully saturated rings. The Hall–Kier alpha value is -2.08. The van der Waals surface area contributed by atoms with Gasteiger partial charge in [-0.15, -0.1) is 0 Å². The van der Waals surface area contributed by atoms with Gasteiger partial charge in [-0.25, -0.2) is 4.39 Å². The Morgan fingerprint density at radius 3 is 2.67 bits per heavy atom. The maximum atomic E-state index is 13.6. The van der Waals surface area contributed by atoms with Crippen molar-refractivity contribution in [3.63, 3.8) is 0 Å². The van der Waals surface area contributed by atoms with Crippen LogP contribution in [0, 0.1) is 0 Å². The van der Waals surface area contributed by atoms with Gasteiger partial charge in [0.15, 0.2) is 0 Å². The van der Waals surface area contributed by atoms with Crippen molar-refractivity contribution in [3.8, 4) is 0 Å². The summed E-state index contributed by atoms with van der Waals surface area (Å²) >= 11 is 0. The third-order valence-corrected chi connectivity index (χ3v) is 4.16. The summed E-state index contributed by atoms with van der Waals surface area (Å²) in [5.74, 6) is 0. The van der Waals surface area contributed by atoms with Crippen LogP contribution in [0.25, 0.3) is 11.0 Å². The topological polar surface area (TPSA) is 67.4 Å². The summed E-state index contributed by atoms with van der Waals surface area (Å²) in [6, 6.07) is 3.75. The molecule has 1 aromatic heterocycles. The maximum absolute atomic E-state index is 13.6. The van der Waals surface area contributed by atoms with E-state index in [1.165, 1.54) is 0 Å². The number of anilines is 1. The Bertz CT molecular complexity index is 710. The van der Waals surface area contributed by atoms with Crippen molar-refractivity contribution in [1.29, 1.82) is 0 Å². The van der Waals surface area contributed by atoms with E-state index in [0.717, 1.165) is 22.3 Å². The monoisotopic (exact) mass is 285 g/mol. The van der Waals surface area contributed by atoms with Crippen molar-refractivity contribution in [2.24, 2.45) is 10.7 Å². The first kappa shape index (κ1) is 12.6. The van der Waals surface area contributed by atoms with E-state index in [4.69, 9.17) is 5.73 Å². The number of rotatable bonds is 2. The summed E-state index contributed by atoms with van der Waals surface area (Å²) in [5, 5.41) is 0. The molecule has 1 saturated heterocycles. The van der Waals surface area contributed by atoms with Crippen LogP contribution in [0.15, 0.2) is 29.5 Å². The zero-order valence-electron chi connectivity index (χ0n) is 11.5. The van der Waals surface area contributed by atoms with Crippen LogP contribution in [0.4, 0.5) is 10.1 Å². The van der Waals surface area contributed by atoms with Crippen LogP contribution in [0.3, 0.4) is 0 Å². The van der Waals surface area contributed by atoms with Crippen molar-refractivity contribution >= 4 is 22.9 Å². The van der Waals surface area contributed by atoms with Crippen LogP contribution in [0.1, 0.15) is 18.0 Å². The van der Waals surface area contributed by atoms with Gasteiger partial charge in [0.1, 0.15) is 17.7 Å². The lowest BCUT2D eigenvalue weighted by molar-refractivity contribution is 0.245. The Balaban J connectivity index is 1.77. The predicted molar refractivity (Wildman–Crippen MR) is 80.5 cm³/mol. The molecule has 2 aromatic rings. The fourth-order valence-corrected chi connectivity index (χ4v) is 2.93. The summed E-state index contributed by atoms with van der Waals surface area (Å²) in [6.07, 6.45) is 4.81. The summed E-state index contributed by atoms with van der Waals surface area (Å²) in [7, 11) is 0. The normalized spacial score (nSPS) is 28.1. The van der Waals surface area contributed by atoms with E-state index in [2.05, 4.69) is 19.9 Å². The molecule has 1 aromatic carbocycles. The standard InChI is InChI=1S/C15H16FN5/c16-10-3-6-21(8-11(10)17)13-2-1-9(12-7-20-12)14-15(13)19-5-4-18-14/h1-2,4-5,7,10-12H,3,6,8,17H2. The number of benzene rings is 1. The molecule has 0 amide bonds. The molecule has 5 nitrogen and oxygen atoms in total. The Morgan fingerprint density at radius 2 is 1.95 bits per heavy atom. The number of aromatic nitrogens is 2. The molecule has 0 saturated carbocycles. The lowest BCUT2D eigenvalue weighted by atomic mass is 10.0. The largest absolute Gasteiger partial charge is 0.368 e. The zero-order valence-corrected chi connectivity index (χ0v) is 11.5. The molecule has 108 valence electrons. The van der Waals surface area contributed by atoms with Gasteiger partial charge >= 0.3 is 0 Å². The summed E-state index contributed by atoms with van der Waals surface area (Å²) in [5.41, 5.74) is 9.63. The second-order valence-corrected chi connectivity index (χ2v) is 5.58. The highest BCUT2D eigenvalue weighted by molar-refractivity contribution is 5.95. The fourth-order valence-electron chi connectivity index (χ4n) is 2.93. The van der Waals surface area contributed by atoms with Crippen LogP contribution in [0.2, 0.25) is 0 Å². The van der Waals surface area contributed by atoms with Crippen molar-refractivity contribution in [2.45, 2.75) is 24.7 Å². The molecule has 3 heterocycles. The van der Waals surface area contributed by atoms with Gasteiger partial charge < -0.3 is 10.6 Å². The van der Waals surface area contributed by atoms with E-state index in [0.29, 0.717) is 19.5 Å². The van der Waals surface area contributed by atoms with E-state index < -0.39 is 12.2 Å². The van der Waals surface area contributed by atoms with E-state index in [9.17, 15) is 4.39 Å². The minimum Gasteiger partial charge on any atom is -0.368 e. The molecular weight excluding hydrogens is 269 g/mol. The molecule has 2 N–H and O–H groups in total. The van der Waals surface area contributed by atoms with Crippen molar-refractivity contribution in [1.82, 2.24) is 9.97 Å². The molecule has 0 aliphatic carbocycles. The van der Waals surface area contributed by atoms with Crippen LogP contribution in [0.5, 0.6) is 0 Å². The minimum atomic E-state index is -0.919. The Kier molecular flexibility index (Phi) is 2.85. The van der Waals surface area contributed by atoms with Crippen molar-refractivity contribution in [2.75, 3.05) is 18.0 Å². The van der Waals surface area contributed by atoms with Gasteiger partial charge in [0.25, 0.3) is 0 Å². The molecular formula is C15H16FN5. The molecule has 21 heavy (non-hydrogen) atoms. The summed E-state index contributed by atoms with van der Waals surface area (Å²) < 4.78 is 13.6. The summed E-state index contributed by atoms with van der Waals surface area (Å²) in [4.78, 5) is 15.3. The third kappa shape index (κ3) is 2.15. The Labute approximate surface area is 121 Å². The molecule has 0 bridgehead atoms. The molecule has 0 spiro atoms. The first-order chi connectivity index (χ1) is 10.2. The van der Waals surface area contributed by atoms with Gasteiger partial charge in [-0.1, -0.05) is 6.07 Å². The van der Waals surface area contributed by atoms with Gasteiger partial charge in [-0.2, -0.15) is 0 Å². The zero-order chi connectivity index (χ0) is 14.4. The third-order valence-electron chi connectivity index (χ3n) is 4.16. The molecule has 2 aliphatic heterocycles. The highest BCUT2D eigenvalue weighted by Gasteiger charge is 2.28. The molecule has 3 atom stereocenters. The number of hydrogen-bond acceptors (Lipinski definition) is 5. The van der Waals surface area contributed by atoms with Crippen molar-refractivity contribution in [3.05, 3.63) is 30.1 Å². The number of halogens is 1. The van der Waals surface area contributed by atoms with Crippen molar-refractivity contribution < 1.29 is 4.39 Å². The second-order valence-electron chi connectivity index (χ2n) is 5.58. The van der Waals surface area contributed by atoms with E-state index >= 15 is 0 Å². The summed E-state index contributed by atoms with van der Waals surface area (Å²) in [6.45, 7) is 1.16. The van der Waals surface area contributed by atoms with Gasteiger partial charge in [0, 0.05) is 37.3 Å². The van der Waals surface area contributed by atoms with E-state index in [1.54, 1.807) is 12.4 Å². The second kappa shape index (κ2) is 4.73. The van der Waals surface area contributed by atoms with Crippen LogP contribution < -0.4 is 10.6 Å². The van der Waals surface area contributed by atoms with E-state index in [-0.39, 0.29) is 6.04 Å². The minimum absolute atomic E-state index is 0.136. The van der Waals surface area contributed by atoms with Gasteiger partial charge in [0.05, 0.1) is 17.2 Å². The first-order valence-corrected chi connectivity index (χ1v) is 7.15. The maximum Gasteiger partial charge on any atom is 0.119 e. The fraction of sp³-hybridized carbons (Fsp3) is 0.400. The van der Waals surface area contributed by atoms with Crippen LogP contribution in [-0.2, 0) is 0 Å². The molecule has 3 unspecified atom stereocenters. The highest BCUT2D eigenvalue weighted by atomic mass is 19.1. The average molecular weight is 285 g/mol. The van der Waals surface area contributed by atoms with Gasteiger partial charge in [-0.3, -0.25) is 15.0 Å². The number of alkyl halides is 1.